The SMILES string of the molecule is CC1CCNC2C(CCCC2(C)C)S1. The van der Waals surface area contributed by atoms with Crippen LogP contribution in [0.25, 0.3) is 0 Å². The second kappa shape index (κ2) is 4.05. The summed E-state index contributed by atoms with van der Waals surface area (Å²) in [7, 11) is 0. The van der Waals surface area contributed by atoms with Crippen molar-refractivity contribution in [3.8, 4) is 0 Å². The van der Waals surface area contributed by atoms with Crippen molar-refractivity contribution in [3.63, 3.8) is 0 Å². The smallest absolute Gasteiger partial charge is 0.0237 e. The van der Waals surface area contributed by atoms with Crippen LogP contribution >= 0.6 is 11.8 Å². The van der Waals surface area contributed by atoms with Gasteiger partial charge in [-0.15, -0.1) is 0 Å². The van der Waals surface area contributed by atoms with Crippen molar-refractivity contribution in [2.24, 2.45) is 5.41 Å². The van der Waals surface area contributed by atoms with Crippen LogP contribution in [-0.2, 0) is 0 Å². The molecule has 1 aliphatic heterocycles. The zero-order valence-corrected chi connectivity index (χ0v) is 10.5. The predicted octanol–water partition coefficient (Wildman–Crippen LogP) is 3.05. The summed E-state index contributed by atoms with van der Waals surface area (Å²) < 4.78 is 0. The fourth-order valence-corrected chi connectivity index (χ4v) is 4.72. The summed E-state index contributed by atoms with van der Waals surface area (Å²) in [6.07, 6.45) is 5.59. The molecule has 2 heteroatoms. The van der Waals surface area contributed by atoms with Crippen molar-refractivity contribution < 1.29 is 0 Å². The standard InChI is InChI=1S/C12H23NS/c1-9-6-8-13-11-10(14-9)5-4-7-12(11,2)3/h9-11,13H,4-8H2,1-3H3. The van der Waals surface area contributed by atoms with Crippen molar-refractivity contribution >= 4 is 11.8 Å². The van der Waals surface area contributed by atoms with Crippen molar-refractivity contribution in [1.29, 1.82) is 0 Å². The first-order chi connectivity index (χ1) is 6.59. The average molecular weight is 213 g/mol. The van der Waals surface area contributed by atoms with E-state index in [9.17, 15) is 0 Å². The van der Waals surface area contributed by atoms with E-state index in [1.807, 2.05) is 0 Å². The van der Waals surface area contributed by atoms with E-state index in [-0.39, 0.29) is 0 Å². The maximum Gasteiger partial charge on any atom is 0.0237 e. The van der Waals surface area contributed by atoms with E-state index >= 15 is 0 Å². The topological polar surface area (TPSA) is 12.0 Å². The fraction of sp³-hybridized carbons (Fsp3) is 1.00. The Hall–Kier alpha value is 0.310. The molecule has 82 valence electrons. The van der Waals surface area contributed by atoms with Gasteiger partial charge in [0.25, 0.3) is 0 Å². The average Bonchev–Trinajstić information content (AvgIpc) is 2.26. The van der Waals surface area contributed by atoms with Crippen LogP contribution < -0.4 is 5.32 Å². The summed E-state index contributed by atoms with van der Waals surface area (Å²) >= 11 is 2.23. The first-order valence-corrected chi connectivity index (χ1v) is 6.93. The molecule has 0 aromatic carbocycles. The van der Waals surface area contributed by atoms with Crippen LogP contribution in [0.5, 0.6) is 0 Å². The van der Waals surface area contributed by atoms with Crippen molar-refractivity contribution in [2.45, 2.75) is 63.0 Å². The lowest BCUT2D eigenvalue weighted by Gasteiger charge is -2.43. The lowest BCUT2D eigenvalue weighted by molar-refractivity contribution is 0.177. The van der Waals surface area contributed by atoms with Gasteiger partial charge in [-0.1, -0.05) is 27.2 Å². The maximum atomic E-state index is 3.78. The van der Waals surface area contributed by atoms with Crippen LogP contribution in [0.2, 0.25) is 0 Å². The molecule has 1 heterocycles. The van der Waals surface area contributed by atoms with Gasteiger partial charge in [-0.2, -0.15) is 11.8 Å². The summed E-state index contributed by atoms with van der Waals surface area (Å²) in [5.41, 5.74) is 0.514. The van der Waals surface area contributed by atoms with Gasteiger partial charge in [0.2, 0.25) is 0 Å². The molecule has 2 fully saturated rings. The van der Waals surface area contributed by atoms with Gasteiger partial charge in [-0.3, -0.25) is 0 Å². The van der Waals surface area contributed by atoms with Gasteiger partial charge >= 0.3 is 0 Å². The number of thioether (sulfide) groups is 1. The molecule has 14 heavy (non-hydrogen) atoms. The van der Waals surface area contributed by atoms with E-state index in [1.165, 1.54) is 32.2 Å². The molecule has 0 radical (unpaired) electrons. The van der Waals surface area contributed by atoms with Crippen LogP contribution in [0.15, 0.2) is 0 Å². The molecule has 2 aliphatic rings. The Bertz CT molecular complexity index is 202. The van der Waals surface area contributed by atoms with E-state index in [0.29, 0.717) is 5.41 Å². The van der Waals surface area contributed by atoms with Gasteiger partial charge in [0.15, 0.2) is 0 Å². The molecule has 1 saturated carbocycles. The van der Waals surface area contributed by atoms with Crippen molar-refractivity contribution in [2.75, 3.05) is 6.54 Å². The van der Waals surface area contributed by atoms with Crippen LogP contribution in [0, 0.1) is 5.41 Å². The maximum absolute atomic E-state index is 3.78. The molecule has 0 spiro atoms. The van der Waals surface area contributed by atoms with Crippen molar-refractivity contribution in [3.05, 3.63) is 0 Å². The molecular formula is C12H23NS. The lowest BCUT2D eigenvalue weighted by Crippen LogP contribution is -2.50. The molecular weight excluding hydrogens is 190 g/mol. The highest BCUT2D eigenvalue weighted by molar-refractivity contribution is 8.00. The van der Waals surface area contributed by atoms with Crippen LogP contribution in [0.3, 0.4) is 0 Å². The Morgan fingerprint density at radius 3 is 2.86 bits per heavy atom. The van der Waals surface area contributed by atoms with Crippen LogP contribution in [0.4, 0.5) is 0 Å². The molecule has 1 N–H and O–H groups in total. The van der Waals surface area contributed by atoms with Gasteiger partial charge in [0.05, 0.1) is 0 Å². The molecule has 0 aromatic rings. The molecule has 1 nitrogen and oxygen atoms in total. The Morgan fingerprint density at radius 1 is 1.29 bits per heavy atom. The minimum Gasteiger partial charge on any atom is -0.312 e. The monoisotopic (exact) mass is 213 g/mol. The number of nitrogens with one attached hydrogen (secondary N) is 1. The van der Waals surface area contributed by atoms with E-state index in [2.05, 4.69) is 37.8 Å². The molecule has 3 atom stereocenters. The predicted molar refractivity (Wildman–Crippen MR) is 64.9 cm³/mol. The third-order valence-electron chi connectivity index (χ3n) is 3.85. The number of fused-ring (bicyclic) bond motifs is 1. The van der Waals surface area contributed by atoms with E-state index in [0.717, 1.165) is 16.5 Å². The molecule has 1 aliphatic carbocycles. The highest BCUT2D eigenvalue weighted by Gasteiger charge is 2.40. The molecule has 0 bridgehead atoms. The number of rotatable bonds is 0. The summed E-state index contributed by atoms with van der Waals surface area (Å²) in [4.78, 5) is 0. The highest BCUT2D eigenvalue weighted by atomic mass is 32.2. The van der Waals surface area contributed by atoms with Gasteiger partial charge in [0, 0.05) is 16.5 Å². The van der Waals surface area contributed by atoms with Gasteiger partial charge in [-0.25, -0.2) is 0 Å². The Morgan fingerprint density at radius 2 is 2.07 bits per heavy atom. The van der Waals surface area contributed by atoms with Crippen molar-refractivity contribution in [1.82, 2.24) is 5.32 Å². The zero-order valence-electron chi connectivity index (χ0n) is 9.68. The largest absolute Gasteiger partial charge is 0.312 e. The third-order valence-corrected chi connectivity index (χ3v) is 5.40. The lowest BCUT2D eigenvalue weighted by atomic mass is 9.73. The first kappa shape index (κ1) is 10.8. The summed E-state index contributed by atoms with van der Waals surface area (Å²) in [5.74, 6) is 0. The normalized spacial score (nSPS) is 42.6. The minimum atomic E-state index is 0.514. The Kier molecular flexibility index (Phi) is 3.13. The molecule has 3 unspecified atom stereocenters. The van der Waals surface area contributed by atoms with Gasteiger partial charge < -0.3 is 5.32 Å². The first-order valence-electron chi connectivity index (χ1n) is 5.98. The summed E-state index contributed by atoms with van der Waals surface area (Å²) in [6.45, 7) is 8.48. The molecule has 1 saturated heterocycles. The highest BCUT2D eigenvalue weighted by Crippen LogP contribution is 2.43. The van der Waals surface area contributed by atoms with Crippen LogP contribution in [0.1, 0.15) is 46.5 Å². The van der Waals surface area contributed by atoms with Gasteiger partial charge in [0.1, 0.15) is 0 Å². The molecule has 0 amide bonds. The zero-order chi connectivity index (χ0) is 10.2. The van der Waals surface area contributed by atoms with Crippen LogP contribution in [-0.4, -0.2) is 23.1 Å². The fourth-order valence-electron chi connectivity index (χ4n) is 2.95. The Labute approximate surface area is 92.4 Å². The number of hydrogen-bond donors (Lipinski definition) is 1. The van der Waals surface area contributed by atoms with E-state index in [4.69, 9.17) is 0 Å². The quantitative estimate of drug-likeness (QED) is 0.664. The Balaban J connectivity index is 2.11. The second-order valence-corrected chi connectivity index (χ2v) is 7.27. The number of hydrogen-bond acceptors (Lipinski definition) is 2. The second-order valence-electron chi connectivity index (χ2n) is 5.59. The van der Waals surface area contributed by atoms with E-state index < -0.39 is 0 Å². The molecule has 2 rings (SSSR count). The van der Waals surface area contributed by atoms with Gasteiger partial charge in [-0.05, 0) is 31.2 Å². The third kappa shape index (κ3) is 2.11. The summed E-state index contributed by atoms with van der Waals surface area (Å²) in [5, 5.41) is 5.51. The van der Waals surface area contributed by atoms with E-state index in [1.54, 1.807) is 0 Å². The summed E-state index contributed by atoms with van der Waals surface area (Å²) in [6, 6.07) is 0.756. The molecule has 0 aromatic heterocycles. The minimum absolute atomic E-state index is 0.514.